The molecule has 4 N–H and O–H groups in total. The number of nitrogens with zero attached hydrogens (tertiary/aromatic N) is 1. The van der Waals surface area contributed by atoms with Gasteiger partial charge in [-0.3, -0.25) is 14.4 Å². The first kappa shape index (κ1) is 19.2. The first-order chi connectivity index (χ1) is 11.8. The van der Waals surface area contributed by atoms with Crippen molar-refractivity contribution in [2.24, 2.45) is 11.7 Å². The average Bonchev–Trinajstić information content (AvgIpc) is 2.73. The van der Waals surface area contributed by atoms with E-state index in [-0.39, 0.29) is 17.7 Å². The van der Waals surface area contributed by atoms with Crippen molar-refractivity contribution in [3.63, 3.8) is 0 Å². The molecule has 0 bridgehead atoms. The van der Waals surface area contributed by atoms with Crippen molar-refractivity contribution in [1.82, 2.24) is 15.5 Å². The summed E-state index contributed by atoms with van der Waals surface area (Å²) in [6, 6.07) is -1.42. The van der Waals surface area contributed by atoms with Crippen LogP contribution in [0.25, 0.3) is 0 Å². The molecule has 0 saturated heterocycles. The topological polar surface area (TPSA) is 105 Å². The summed E-state index contributed by atoms with van der Waals surface area (Å²) >= 11 is 0. The summed E-state index contributed by atoms with van der Waals surface area (Å²) in [5, 5.41) is 5.34. The van der Waals surface area contributed by atoms with Gasteiger partial charge in [0.2, 0.25) is 11.8 Å². The quantitative estimate of drug-likeness (QED) is 0.670. The molecule has 0 aromatic rings. The zero-order chi connectivity index (χ0) is 18.6. The predicted molar refractivity (Wildman–Crippen MR) is 95.2 cm³/mol. The smallest absolute Gasteiger partial charge is 0.270 e. The van der Waals surface area contributed by atoms with Crippen LogP contribution in [0.4, 0.5) is 0 Å². The summed E-state index contributed by atoms with van der Waals surface area (Å²) in [4.78, 5) is 38.6. The monoisotopic (exact) mass is 348 g/mol. The van der Waals surface area contributed by atoms with Gasteiger partial charge in [-0.2, -0.15) is 0 Å². The highest BCUT2D eigenvalue weighted by Crippen LogP contribution is 2.31. The molecule has 3 atom stereocenters. The van der Waals surface area contributed by atoms with E-state index in [2.05, 4.69) is 10.6 Å². The van der Waals surface area contributed by atoms with Gasteiger partial charge in [0.25, 0.3) is 5.91 Å². The lowest BCUT2D eigenvalue weighted by molar-refractivity contribution is -0.130. The van der Waals surface area contributed by atoms with E-state index in [4.69, 9.17) is 5.73 Å². The molecule has 1 aliphatic carbocycles. The summed E-state index contributed by atoms with van der Waals surface area (Å²) in [6.45, 7) is 4.05. The highest BCUT2D eigenvalue weighted by molar-refractivity contribution is 6.00. The van der Waals surface area contributed by atoms with Gasteiger partial charge in [-0.05, 0) is 44.1 Å². The molecule has 0 fully saturated rings. The van der Waals surface area contributed by atoms with Gasteiger partial charge in [0.05, 0.1) is 6.04 Å². The number of nitrogens with two attached hydrogens (primary N) is 1. The number of likely N-dealkylation sites (N-methyl/N-ethyl adjacent to an activating group) is 1. The van der Waals surface area contributed by atoms with Crippen molar-refractivity contribution >= 4 is 17.7 Å². The number of allylic oxidation sites excluding steroid dienone is 3. The molecule has 0 saturated carbocycles. The van der Waals surface area contributed by atoms with Crippen LogP contribution in [0.3, 0.4) is 0 Å². The van der Waals surface area contributed by atoms with Crippen molar-refractivity contribution in [3.05, 3.63) is 23.4 Å². The molecule has 1 aliphatic heterocycles. The van der Waals surface area contributed by atoms with Crippen LogP contribution in [-0.4, -0.2) is 48.3 Å². The summed E-state index contributed by atoms with van der Waals surface area (Å²) < 4.78 is 0. The highest BCUT2D eigenvalue weighted by Gasteiger charge is 2.31. The number of amides is 3. The summed E-state index contributed by atoms with van der Waals surface area (Å²) in [5.74, 6) is -0.711. The number of hydrogen-bond acceptors (Lipinski definition) is 4. The van der Waals surface area contributed by atoms with Gasteiger partial charge in [0, 0.05) is 13.6 Å². The molecule has 138 valence electrons. The van der Waals surface area contributed by atoms with Gasteiger partial charge >= 0.3 is 0 Å². The zero-order valence-electron chi connectivity index (χ0n) is 15.2. The predicted octanol–water partition coefficient (Wildman–Crippen LogP) is 0.427. The van der Waals surface area contributed by atoms with Crippen LogP contribution >= 0.6 is 0 Å². The minimum absolute atomic E-state index is 0.193. The fourth-order valence-corrected chi connectivity index (χ4v) is 3.08. The van der Waals surface area contributed by atoms with E-state index in [0.29, 0.717) is 18.7 Å². The Labute approximate surface area is 148 Å². The average molecular weight is 348 g/mol. The molecular weight excluding hydrogens is 320 g/mol. The van der Waals surface area contributed by atoms with E-state index in [0.717, 1.165) is 24.8 Å². The Morgan fingerprint density at radius 3 is 2.76 bits per heavy atom. The first-order valence-corrected chi connectivity index (χ1v) is 8.88. The summed E-state index contributed by atoms with van der Waals surface area (Å²) in [7, 11) is 1.74. The Hall–Kier alpha value is -2.15. The van der Waals surface area contributed by atoms with Crippen LogP contribution < -0.4 is 16.4 Å². The number of hydrogen-bond donors (Lipinski definition) is 3. The van der Waals surface area contributed by atoms with Crippen molar-refractivity contribution < 1.29 is 14.4 Å². The Morgan fingerprint density at radius 1 is 1.36 bits per heavy atom. The Bertz CT molecular complexity index is 611. The molecule has 0 spiro atoms. The number of rotatable bonds is 5. The molecule has 25 heavy (non-hydrogen) atoms. The van der Waals surface area contributed by atoms with Gasteiger partial charge in [-0.15, -0.1) is 0 Å². The second-order valence-electron chi connectivity index (χ2n) is 6.76. The van der Waals surface area contributed by atoms with E-state index >= 15 is 0 Å². The lowest BCUT2D eigenvalue weighted by Crippen LogP contribution is -2.51. The summed E-state index contributed by atoms with van der Waals surface area (Å²) in [6.07, 6.45) is 7.31. The Kier molecular flexibility index (Phi) is 6.36. The van der Waals surface area contributed by atoms with Crippen LogP contribution in [0.5, 0.6) is 0 Å². The number of fused-ring (bicyclic) bond motifs is 1. The molecule has 1 unspecified atom stereocenters. The van der Waals surface area contributed by atoms with Crippen LogP contribution in [0.2, 0.25) is 0 Å². The Balaban J connectivity index is 2.16. The maximum atomic E-state index is 12.6. The SMILES string of the molecule is CC[C@H](N)C(=O)N[C@@H](C)C(=O)NC1=C2C=CCCC2CCN(C)C1=O. The first-order valence-electron chi connectivity index (χ1n) is 8.88. The van der Waals surface area contributed by atoms with E-state index in [9.17, 15) is 14.4 Å². The second kappa shape index (κ2) is 8.29. The van der Waals surface area contributed by atoms with Gasteiger partial charge in [-0.25, -0.2) is 0 Å². The largest absolute Gasteiger partial charge is 0.343 e. The molecule has 3 amide bonds. The fourth-order valence-electron chi connectivity index (χ4n) is 3.08. The van der Waals surface area contributed by atoms with Crippen molar-refractivity contribution in [2.75, 3.05) is 13.6 Å². The van der Waals surface area contributed by atoms with E-state index < -0.39 is 18.0 Å². The lowest BCUT2D eigenvalue weighted by Gasteiger charge is -2.22. The van der Waals surface area contributed by atoms with Gasteiger partial charge < -0.3 is 21.3 Å². The van der Waals surface area contributed by atoms with Crippen LogP contribution in [0, 0.1) is 5.92 Å². The molecule has 2 rings (SSSR count). The van der Waals surface area contributed by atoms with E-state index in [1.807, 2.05) is 12.2 Å². The molecule has 0 aromatic heterocycles. The maximum absolute atomic E-state index is 12.6. The number of carbonyl (C=O) groups excluding carboxylic acids is 3. The molecule has 0 radical (unpaired) electrons. The highest BCUT2D eigenvalue weighted by atomic mass is 16.2. The third-order valence-electron chi connectivity index (χ3n) is 4.86. The van der Waals surface area contributed by atoms with Gasteiger partial charge in [0.1, 0.15) is 11.7 Å². The minimum atomic E-state index is -0.773. The van der Waals surface area contributed by atoms with Crippen molar-refractivity contribution in [2.45, 2.75) is 51.6 Å². The van der Waals surface area contributed by atoms with Crippen LogP contribution in [0.1, 0.15) is 39.5 Å². The van der Waals surface area contributed by atoms with Crippen LogP contribution in [-0.2, 0) is 14.4 Å². The molecule has 7 heteroatoms. The van der Waals surface area contributed by atoms with E-state index in [1.165, 1.54) is 0 Å². The maximum Gasteiger partial charge on any atom is 0.270 e. The fraction of sp³-hybridized carbons (Fsp3) is 0.611. The Morgan fingerprint density at radius 2 is 2.08 bits per heavy atom. The number of carbonyl (C=O) groups is 3. The minimum Gasteiger partial charge on any atom is -0.343 e. The van der Waals surface area contributed by atoms with Gasteiger partial charge in [-0.1, -0.05) is 19.1 Å². The van der Waals surface area contributed by atoms with Crippen LogP contribution in [0.15, 0.2) is 23.4 Å². The van der Waals surface area contributed by atoms with Crippen molar-refractivity contribution in [3.8, 4) is 0 Å². The molecule has 1 heterocycles. The standard InChI is InChI=1S/C18H28N4O3/c1-4-14(19)17(24)20-11(2)16(23)21-15-13-8-6-5-7-12(13)9-10-22(3)18(15)25/h6,8,11-12,14H,4-5,7,9-10,19H2,1-3H3,(H,20,24)(H,21,23)/t11-,12?,14-/m0/s1. The lowest BCUT2D eigenvalue weighted by atomic mass is 9.86. The molecule has 0 aromatic carbocycles. The normalized spacial score (nSPS) is 22.8. The van der Waals surface area contributed by atoms with E-state index in [1.54, 1.807) is 25.8 Å². The molecule has 2 aliphatic rings. The second-order valence-corrected chi connectivity index (χ2v) is 6.76. The third kappa shape index (κ3) is 4.48. The molecular formula is C18H28N4O3. The third-order valence-corrected chi connectivity index (χ3v) is 4.86. The zero-order valence-corrected chi connectivity index (χ0v) is 15.2. The molecule has 7 nitrogen and oxygen atoms in total. The van der Waals surface area contributed by atoms with Gasteiger partial charge in [0.15, 0.2) is 0 Å². The number of nitrogens with one attached hydrogen (secondary N) is 2. The summed E-state index contributed by atoms with van der Waals surface area (Å²) in [5.41, 5.74) is 6.89. The van der Waals surface area contributed by atoms with Crippen molar-refractivity contribution in [1.29, 1.82) is 0 Å².